The third kappa shape index (κ3) is 4.63. The zero-order chi connectivity index (χ0) is 20.1. The number of amides is 1. The Bertz CT molecular complexity index is 1080. The van der Waals surface area contributed by atoms with Gasteiger partial charge in [-0.2, -0.15) is 5.10 Å². The van der Waals surface area contributed by atoms with Gasteiger partial charge in [0.1, 0.15) is 18.0 Å². The Kier molecular flexibility index (Phi) is 5.56. The van der Waals surface area contributed by atoms with E-state index in [1.54, 1.807) is 30.5 Å². The van der Waals surface area contributed by atoms with Gasteiger partial charge in [0.05, 0.1) is 5.69 Å². The molecule has 0 radical (unpaired) electrons. The monoisotopic (exact) mass is 389 g/mol. The molecule has 3 aromatic heterocycles. The van der Waals surface area contributed by atoms with Gasteiger partial charge in [-0.3, -0.25) is 9.48 Å². The van der Waals surface area contributed by atoms with E-state index in [4.69, 9.17) is 4.74 Å². The summed E-state index contributed by atoms with van der Waals surface area (Å²) in [6, 6.07) is 13.1. The highest BCUT2D eigenvalue weighted by Gasteiger charge is 2.07. The van der Waals surface area contributed by atoms with Gasteiger partial charge in [0.15, 0.2) is 0 Å². The lowest BCUT2D eigenvalue weighted by atomic mass is 10.2. The molecular formula is C22H23N5O2. The number of hydrogen-bond donors (Lipinski definition) is 1. The fraction of sp³-hybridized carbons (Fsp3) is 0.227. The first-order valence-electron chi connectivity index (χ1n) is 9.61. The quantitative estimate of drug-likeness (QED) is 0.470. The summed E-state index contributed by atoms with van der Waals surface area (Å²) < 4.78 is 9.66. The van der Waals surface area contributed by atoms with Crippen LogP contribution in [0.15, 0.2) is 67.3 Å². The molecule has 7 nitrogen and oxygen atoms in total. The van der Waals surface area contributed by atoms with Crippen molar-refractivity contribution in [3.8, 4) is 5.75 Å². The molecule has 4 aromatic rings. The normalized spacial score (nSPS) is 10.9. The second-order valence-corrected chi connectivity index (χ2v) is 6.85. The average Bonchev–Trinajstić information content (AvgIpc) is 3.40. The van der Waals surface area contributed by atoms with Gasteiger partial charge in [0.25, 0.3) is 5.91 Å². The molecule has 0 aliphatic carbocycles. The summed E-state index contributed by atoms with van der Waals surface area (Å²) >= 11 is 0. The Labute approximate surface area is 169 Å². The summed E-state index contributed by atoms with van der Waals surface area (Å²) in [7, 11) is 0. The zero-order valence-electron chi connectivity index (χ0n) is 16.3. The first-order chi connectivity index (χ1) is 14.2. The lowest BCUT2D eigenvalue weighted by molar-refractivity contribution is 0.0952. The third-order valence-electron chi connectivity index (χ3n) is 4.64. The van der Waals surface area contributed by atoms with Crippen LogP contribution in [0.4, 0.5) is 0 Å². The Morgan fingerprint density at radius 3 is 2.76 bits per heavy atom. The topological polar surface area (TPSA) is 73.5 Å². The van der Waals surface area contributed by atoms with Crippen molar-refractivity contribution < 1.29 is 9.53 Å². The lowest BCUT2D eigenvalue weighted by Gasteiger charge is -2.07. The maximum atomic E-state index is 12.2. The number of pyridine rings is 1. The summed E-state index contributed by atoms with van der Waals surface area (Å²) in [6.07, 6.45) is 8.42. The fourth-order valence-electron chi connectivity index (χ4n) is 3.11. The highest BCUT2D eigenvalue weighted by atomic mass is 16.5. The molecule has 4 rings (SSSR count). The Morgan fingerprint density at radius 2 is 2.00 bits per heavy atom. The largest absolute Gasteiger partial charge is 0.487 e. The van der Waals surface area contributed by atoms with Crippen LogP contribution in [0.5, 0.6) is 5.75 Å². The molecule has 0 aliphatic rings. The van der Waals surface area contributed by atoms with Crippen molar-refractivity contribution in [2.24, 2.45) is 0 Å². The van der Waals surface area contributed by atoms with Crippen molar-refractivity contribution in [2.75, 3.05) is 6.54 Å². The van der Waals surface area contributed by atoms with Crippen LogP contribution < -0.4 is 10.1 Å². The summed E-state index contributed by atoms with van der Waals surface area (Å²) in [6.45, 7) is 3.79. The van der Waals surface area contributed by atoms with Crippen molar-refractivity contribution in [1.29, 1.82) is 0 Å². The average molecular weight is 389 g/mol. The number of nitrogens with zero attached hydrogens (tertiary/aromatic N) is 4. The zero-order valence-corrected chi connectivity index (χ0v) is 16.3. The molecule has 0 saturated heterocycles. The maximum absolute atomic E-state index is 12.2. The molecule has 7 heteroatoms. The Balaban J connectivity index is 1.26. The molecule has 1 amide bonds. The second kappa shape index (κ2) is 8.60. The van der Waals surface area contributed by atoms with Crippen LogP contribution in [0.1, 0.15) is 28.0 Å². The summed E-state index contributed by atoms with van der Waals surface area (Å²) in [5, 5.41) is 7.07. The van der Waals surface area contributed by atoms with Crippen molar-refractivity contribution in [3.63, 3.8) is 0 Å². The smallest absolute Gasteiger partial charge is 0.251 e. The molecule has 0 unspecified atom stereocenters. The molecule has 1 N–H and O–H groups in total. The van der Waals surface area contributed by atoms with Crippen molar-refractivity contribution in [3.05, 3.63) is 84.1 Å². The van der Waals surface area contributed by atoms with Gasteiger partial charge in [-0.25, -0.2) is 4.98 Å². The van der Waals surface area contributed by atoms with E-state index in [1.165, 1.54) is 0 Å². The van der Waals surface area contributed by atoms with Gasteiger partial charge in [-0.1, -0.05) is 6.07 Å². The van der Waals surface area contributed by atoms with Crippen LogP contribution in [0.25, 0.3) is 5.65 Å². The Morgan fingerprint density at radius 1 is 1.14 bits per heavy atom. The molecule has 148 valence electrons. The van der Waals surface area contributed by atoms with E-state index in [1.807, 2.05) is 52.8 Å². The van der Waals surface area contributed by atoms with Gasteiger partial charge in [-0.05, 0) is 55.3 Å². The first-order valence-corrected chi connectivity index (χ1v) is 9.61. The minimum absolute atomic E-state index is 0.0900. The number of ether oxygens (including phenoxy) is 1. The van der Waals surface area contributed by atoms with Crippen LogP contribution in [0.3, 0.4) is 0 Å². The highest BCUT2D eigenvalue weighted by Crippen LogP contribution is 2.15. The van der Waals surface area contributed by atoms with Crippen molar-refractivity contribution in [2.45, 2.75) is 26.5 Å². The molecule has 0 atom stereocenters. The van der Waals surface area contributed by atoms with Crippen LogP contribution in [0.2, 0.25) is 0 Å². The molecule has 3 heterocycles. The predicted molar refractivity (Wildman–Crippen MR) is 110 cm³/mol. The number of nitrogens with one attached hydrogen (secondary N) is 1. The van der Waals surface area contributed by atoms with Crippen LogP contribution >= 0.6 is 0 Å². The van der Waals surface area contributed by atoms with Gasteiger partial charge in [0, 0.05) is 43.4 Å². The molecule has 29 heavy (non-hydrogen) atoms. The number of carbonyl (C=O) groups is 1. The summed E-state index contributed by atoms with van der Waals surface area (Å²) in [5.74, 6) is 0.613. The number of hydrogen-bond acceptors (Lipinski definition) is 4. The molecule has 0 saturated carbocycles. The second-order valence-electron chi connectivity index (χ2n) is 6.85. The molecule has 0 fully saturated rings. The Hall–Kier alpha value is -3.61. The van der Waals surface area contributed by atoms with Crippen molar-refractivity contribution >= 4 is 11.6 Å². The first kappa shape index (κ1) is 18.7. The number of imidazole rings is 1. The van der Waals surface area contributed by atoms with Gasteiger partial charge in [-0.15, -0.1) is 0 Å². The van der Waals surface area contributed by atoms with Gasteiger partial charge >= 0.3 is 0 Å². The maximum Gasteiger partial charge on any atom is 0.251 e. The van der Waals surface area contributed by atoms with E-state index >= 15 is 0 Å². The number of rotatable bonds is 8. The van der Waals surface area contributed by atoms with E-state index in [2.05, 4.69) is 15.4 Å². The molecule has 1 aromatic carbocycles. The van der Waals surface area contributed by atoms with Gasteiger partial charge < -0.3 is 14.5 Å². The fourth-order valence-corrected chi connectivity index (χ4v) is 3.11. The van der Waals surface area contributed by atoms with E-state index < -0.39 is 0 Å². The number of fused-ring (bicyclic) bond motifs is 1. The predicted octanol–water partition coefficient (Wildman–Crippen LogP) is 3.24. The molecule has 0 bridgehead atoms. The molecular weight excluding hydrogens is 366 g/mol. The third-order valence-corrected chi connectivity index (χ3v) is 4.64. The highest BCUT2D eigenvalue weighted by molar-refractivity contribution is 5.94. The standard InChI is InChI=1S/C22H23N5O2/c1-17-5-2-12-26-15-19(25-21(17)26)16-29-20-8-6-18(7-9-20)22(28)23-10-3-13-27-14-4-11-24-27/h2,4-9,11-12,14-15H,3,10,13,16H2,1H3,(H,23,28). The minimum Gasteiger partial charge on any atom is -0.487 e. The van der Waals surface area contributed by atoms with Crippen LogP contribution in [0, 0.1) is 6.92 Å². The van der Waals surface area contributed by atoms with Gasteiger partial charge in [0.2, 0.25) is 0 Å². The summed E-state index contributed by atoms with van der Waals surface area (Å²) in [5.41, 5.74) is 3.53. The van der Waals surface area contributed by atoms with E-state index in [0.29, 0.717) is 24.5 Å². The molecule has 0 spiro atoms. The van der Waals surface area contributed by atoms with Crippen molar-refractivity contribution in [1.82, 2.24) is 24.5 Å². The van der Waals surface area contributed by atoms with Crippen LogP contribution in [-0.2, 0) is 13.2 Å². The summed E-state index contributed by atoms with van der Waals surface area (Å²) in [4.78, 5) is 16.8. The number of aryl methyl sites for hydroxylation is 2. The number of carbonyl (C=O) groups excluding carboxylic acids is 1. The lowest BCUT2D eigenvalue weighted by Crippen LogP contribution is -2.25. The number of aromatic nitrogens is 4. The van der Waals surface area contributed by atoms with Crippen LogP contribution in [-0.4, -0.2) is 31.6 Å². The number of benzene rings is 1. The molecule has 0 aliphatic heterocycles. The van der Waals surface area contributed by atoms with E-state index in [-0.39, 0.29) is 5.91 Å². The van der Waals surface area contributed by atoms with E-state index in [0.717, 1.165) is 29.9 Å². The minimum atomic E-state index is -0.0900. The SMILES string of the molecule is Cc1cccn2cc(COc3ccc(C(=O)NCCCn4cccn4)cc3)nc12. The van der Waals surface area contributed by atoms with E-state index in [9.17, 15) is 4.79 Å².